The third-order valence-corrected chi connectivity index (χ3v) is 3.80. The second-order valence-corrected chi connectivity index (χ2v) is 6.53. The van der Waals surface area contributed by atoms with Gasteiger partial charge in [0.25, 0.3) is 5.82 Å². The molecular weight excluding hydrogens is 266 g/mol. The number of hydrogen-bond donors (Lipinski definition) is 1. The van der Waals surface area contributed by atoms with Crippen LogP contribution in [0.2, 0.25) is 0 Å². The maximum atomic E-state index is 11.2. The number of nitrogens with zero attached hydrogens (tertiary/aromatic N) is 3. The van der Waals surface area contributed by atoms with Crippen LogP contribution in [0.3, 0.4) is 0 Å². The van der Waals surface area contributed by atoms with Crippen molar-refractivity contribution in [3.8, 4) is 5.69 Å². The average Bonchev–Trinajstić information content (AvgIpc) is 3.03. The summed E-state index contributed by atoms with van der Waals surface area (Å²) in [5, 5.41) is 13.3. The van der Waals surface area contributed by atoms with Crippen molar-refractivity contribution in [2.45, 2.75) is 45.4 Å². The molecule has 2 aromatic rings. The first-order valence-corrected chi connectivity index (χ1v) is 7.19. The van der Waals surface area contributed by atoms with Crippen LogP contribution >= 0.6 is 0 Å². The van der Waals surface area contributed by atoms with Crippen LogP contribution in [0.1, 0.15) is 54.8 Å². The van der Waals surface area contributed by atoms with E-state index in [1.54, 1.807) is 4.68 Å². The highest BCUT2D eigenvalue weighted by molar-refractivity contribution is 5.83. The summed E-state index contributed by atoms with van der Waals surface area (Å²) in [7, 11) is 0. The van der Waals surface area contributed by atoms with Gasteiger partial charge < -0.3 is 5.11 Å². The Bertz CT molecular complexity index is 711. The molecule has 0 unspecified atom stereocenters. The third kappa shape index (κ3) is 2.44. The molecule has 1 N–H and O–H groups in total. The zero-order valence-electron chi connectivity index (χ0n) is 12.6. The average molecular weight is 285 g/mol. The lowest BCUT2D eigenvalue weighted by Gasteiger charge is -2.18. The van der Waals surface area contributed by atoms with Crippen molar-refractivity contribution >= 4 is 5.97 Å². The number of carboxylic acid groups (broad SMARTS) is 1. The fourth-order valence-corrected chi connectivity index (χ4v) is 2.76. The first-order chi connectivity index (χ1) is 9.86. The van der Waals surface area contributed by atoms with E-state index in [9.17, 15) is 4.79 Å². The molecule has 1 aliphatic carbocycles. The standard InChI is InChI=1S/C16H19N3O2/c1-16(2,3)15-17-13(14(20)21)18-19(15)12-8-7-10-5-4-6-11(10)9-12/h7-9H,4-6H2,1-3H3,(H,20,21). The smallest absolute Gasteiger partial charge is 0.375 e. The van der Waals surface area contributed by atoms with Crippen LogP contribution in [0, 0.1) is 0 Å². The number of aryl methyl sites for hydroxylation is 2. The van der Waals surface area contributed by atoms with Crippen LogP contribution in [0.5, 0.6) is 0 Å². The molecule has 110 valence electrons. The van der Waals surface area contributed by atoms with E-state index in [0.717, 1.165) is 18.5 Å². The summed E-state index contributed by atoms with van der Waals surface area (Å²) < 4.78 is 1.67. The van der Waals surface area contributed by atoms with Crippen molar-refractivity contribution in [3.05, 3.63) is 41.0 Å². The molecule has 0 amide bonds. The van der Waals surface area contributed by atoms with Gasteiger partial charge in [-0.3, -0.25) is 0 Å². The highest BCUT2D eigenvalue weighted by atomic mass is 16.4. The molecule has 1 aliphatic rings. The van der Waals surface area contributed by atoms with Crippen LogP contribution in [0.25, 0.3) is 5.69 Å². The summed E-state index contributed by atoms with van der Waals surface area (Å²) in [5.74, 6) is -0.585. The van der Waals surface area contributed by atoms with Crippen molar-refractivity contribution in [3.63, 3.8) is 0 Å². The van der Waals surface area contributed by atoms with Crippen LogP contribution < -0.4 is 0 Å². The first-order valence-electron chi connectivity index (χ1n) is 7.19. The molecule has 0 saturated carbocycles. The van der Waals surface area contributed by atoms with Gasteiger partial charge in [0.15, 0.2) is 0 Å². The minimum absolute atomic E-state index is 0.152. The highest BCUT2D eigenvalue weighted by Crippen LogP contribution is 2.27. The van der Waals surface area contributed by atoms with Crippen LogP contribution in [0.4, 0.5) is 0 Å². The first kappa shape index (κ1) is 13.8. The Balaban J connectivity index is 2.15. The molecule has 3 rings (SSSR count). The number of aromatic carboxylic acids is 1. The summed E-state index contributed by atoms with van der Waals surface area (Å²) in [4.78, 5) is 15.4. The van der Waals surface area contributed by atoms with E-state index < -0.39 is 5.97 Å². The van der Waals surface area contributed by atoms with Crippen LogP contribution in [-0.4, -0.2) is 25.8 Å². The Labute approximate surface area is 123 Å². The van der Waals surface area contributed by atoms with Crippen molar-refractivity contribution in [1.29, 1.82) is 0 Å². The van der Waals surface area contributed by atoms with Gasteiger partial charge in [-0.05, 0) is 42.5 Å². The second-order valence-electron chi connectivity index (χ2n) is 6.53. The third-order valence-electron chi connectivity index (χ3n) is 3.80. The maximum absolute atomic E-state index is 11.2. The van der Waals surface area contributed by atoms with Gasteiger partial charge in [0.1, 0.15) is 5.82 Å². The van der Waals surface area contributed by atoms with Gasteiger partial charge in [-0.15, -0.1) is 5.10 Å². The van der Waals surface area contributed by atoms with Gasteiger partial charge in [0, 0.05) is 5.41 Å². The minimum atomic E-state index is -1.10. The van der Waals surface area contributed by atoms with Crippen LogP contribution in [0.15, 0.2) is 18.2 Å². The molecule has 5 nitrogen and oxygen atoms in total. The number of carboxylic acids is 1. The molecule has 21 heavy (non-hydrogen) atoms. The molecule has 0 aliphatic heterocycles. The topological polar surface area (TPSA) is 68.0 Å². The molecule has 1 aromatic heterocycles. The molecule has 1 heterocycles. The fraction of sp³-hybridized carbons (Fsp3) is 0.438. The Morgan fingerprint density at radius 2 is 1.95 bits per heavy atom. The molecule has 0 spiro atoms. The highest BCUT2D eigenvalue weighted by Gasteiger charge is 2.26. The maximum Gasteiger partial charge on any atom is 0.375 e. The zero-order chi connectivity index (χ0) is 15.2. The van der Waals surface area contributed by atoms with Crippen LogP contribution in [-0.2, 0) is 18.3 Å². The predicted molar refractivity (Wildman–Crippen MR) is 79.0 cm³/mol. The lowest BCUT2D eigenvalue weighted by atomic mass is 9.95. The van der Waals surface area contributed by atoms with Crippen molar-refractivity contribution in [1.82, 2.24) is 14.8 Å². The zero-order valence-corrected chi connectivity index (χ0v) is 12.6. The fourth-order valence-electron chi connectivity index (χ4n) is 2.76. The molecule has 1 aromatic carbocycles. The predicted octanol–water partition coefficient (Wildman–Crippen LogP) is 2.75. The van der Waals surface area contributed by atoms with E-state index in [1.165, 1.54) is 17.5 Å². The van der Waals surface area contributed by atoms with Gasteiger partial charge in [-0.2, -0.15) is 0 Å². The lowest BCUT2D eigenvalue weighted by Crippen LogP contribution is -2.19. The van der Waals surface area contributed by atoms with E-state index in [0.29, 0.717) is 5.82 Å². The number of aromatic nitrogens is 3. The van der Waals surface area contributed by atoms with E-state index in [1.807, 2.05) is 26.8 Å². The van der Waals surface area contributed by atoms with Gasteiger partial charge in [-0.25, -0.2) is 14.5 Å². The number of benzene rings is 1. The second kappa shape index (κ2) is 4.69. The van der Waals surface area contributed by atoms with Gasteiger partial charge >= 0.3 is 5.97 Å². The normalized spacial score (nSPS) is 14.2. The SMILES string of the molecule is CC(C)(C)c1nc(C(=O)O)nn1-c1ccc2c(c1)CCC2. The van der Waals surface area contributed by atoms with E-state index in [2.05, 4.69) is 22.2 Å². The Hall–Kier alpha value is -2.17. The molecule has 0 fully saturated rings. The number of carbonyl (C=O) groups is 1. The summed E-state index contributed by atoms with van der Waals surface area (Å²) in [6.07, 6.45) is 3.39. The Morgan fingerprint density at radius 3 is 2.62 bits per heavy atom. The number of rotatable bonds is 2. The summed E-state index contributed by atoms with van der Waals surface area (Å²) in [6.45, 7) is 6.02. The monoisotopic (exact) mass is 285 g/mol. The van der Waals surface area contributed by atoms with E-state index in [4.69, 9.17) is 5.11 Å². The lowest BCUT2D eigenvalue weighted by molar-refractivity contribution is 0.0683. The van der Waals surface area contributed by atoms with Gasteiger partial charge in [-0.1, -0.05) is 26.8 Å². The quantitative estimate of drug-likeness (QED) is 0.921. The summed E-state index contributed by atoms with van der Waals surface area (Å²) >= 11 is 0. The van der Waals surface area contributed by atoms with E-state index >= 15 is 0 Å². The van der Waals surface area contributed by atoms with Crippen molar-refractivity contribution < 1.29 is 9.90 Å². The summed E-state index contributed by atoms with van der Waals surface area (Å²) in [6, 6.07) is 6.23. The molecule has 5 heteroatoms. The largest absolute Gasteiger partial charge is 0.475 e. The molecule has 0 atom stereocenters. The summed E-state index contributed by atoms with van der Waals surface area (Å²) in [5.41, 5.74) is 3.33. The Morgan fingerprint density at radius 1 is 1.24 bits per heavy atom. The molecule has 0 saturated heterocycles. The number of hydrogen-bond acceptors (Lipinski definition) is 3. The number of fused-ring (bicyclic) bond motifs is 1. The van der Waals surface area contributed by atoms with Gasteiger partial charge in [0.2, 0.25) is 0 Å². The van der Waals surface area contributed by atoms with Crippen molar-refractivity contribution in [2.24, 2.45) is 0 Å². The Kier molecular flexibility index (Phi) is 3.08. The minimum Gasteiger partial charge on any atom is -0.475 e. The van der Waals surface area contributed by atoms with E-state index in [-0.39, 0.29) is 11.2 Å². The van der Waals surface area contributed by atoms with Gasteiger partial charge in [0.05, 0.1) is 5.69 Å². The molecule has 0 radical (unpaired) electrons. The van der Waals surface area contributed by atoms with Crippen molar-refractivity contribution in [2.75, 3.05) is 0 Å². The molecular formula is C16H19N3O2. The molecule has 0 bridgehead atoms.